The molecule has 0 atom stereocenters. The number of unbranched alkanes of at least 4 members (excludes halogenated alkanes) is 3. The standard InChI is InChI=1S/C18H29N3O3/c1-4-7-10-13-19-16(22)20(14-11-8-5-2)18(24)21(17(19)23)15-12-9-6-3/h4-6,16,22H,1-3,7-15H2. The summed E-state index contributed by atoms with van der Waals surface area (Å²) in [5.74, 6) is 0. The number of hydrogen-bond donors (Lipinski definition) is 1. The quantitative estimate of drug-likeness (QED) is 0.439. The number of allylic oxidation sites excluding steroid dienone is 3. The van der Waals surface area contributed by atoms with Gasteiger partial charge in [-0.3, -0.25) is 9.80 Å². The Morgan fingerprint density at radius 2 is 1.17 bits per heavy atom. The van der Waals surface area contributed by atoms with Crippen molar-refractivity contribution in [1.82, 2.24) is 14.7 Å². The number of carbonyl (C=O) groups is 2. The minimum absolute atomic E-state index is 0.326. The zero-order valence-corrected chi connectivity index (χ0v) is 14.4. The van der Waals surface area contributed by atoms with E-state index in [1.54, 1.807) is 18.2 Å². The highest BCUT2D eigenvalue weighted by Crippen LogP contribution is 2.20. The van der Waals surface area contributed by atoms with Crippen LogP contribution in [0.5, 0.6) is 0 Å². The predicted molar refractivity (Wildman–Crippen MR) is 95.2 cm³/mol. The van der Waals surface area contributed by atoms with Gasteiger partial charge in [-0.05, 0) is 38.5 Å². The fraction of sp³-hybridized carbons (Fsp3) is 0.556. The third-order valence-electron chi connectivity index (χ3n) is 3.92. The average molecular weight is 335 g/mol. The molecule has 1 heterocycles. The molecule has 134 valence electrons. The van der Waals surface area contributed by atoms with Crippen molar-refractivity contribution < 1.29 is 14.7 Å². The van der Waals surface area contributed by atoms with Gasteiger partial charge in [-0.1, -0.05) is 18.2 Å². The molecular weight excluding hydrogens is 306 g/mol. The van der Waals surface area contributed by atoms with Gasteiger partial charge in [-0.25, -0.2) is 14.5 Å². The summed E-state index contributed by atoms with van der Waals surface area (Å²) in [7, 11) is 0. The molecule has 0 aromatic carbocycles. The predicted octanol–water partition coefficient (Wildman–Crippen LogP) is 3.32. The molecule has 4 amide bonds. The zero-order valence-electron chi connectivity index (χ0n) is 14.4. The van der Waals surface area contributed by atoms with E-state index >= 15 is 0 Å². The highest BCUT2D eigenvalue weighted by Gasteiger charge is 2.42. The molecule has 0 bridgehead atoms. The first-order valence-corrected chi connectivity index (χ1v) is 8.48. The lowest BCUT2D eigenvalue weighted by molar-refractivity contribution is -0.0932. The van der Waals surface area contributed by atoms with Crippen molar-refractivity contribution in [2.45, 2.75) is 44.9 Å². The van der Waals surface area contributed by atoms with Crippen molar-refractivity contribution >= 4 is 12.1 Å². The van der Waals surface area contributed by atoms with E-state index in [0.717, 1.165) is 19.3 Å². The van der Waals surface area contributed by atoms with Gasteiger partial charge in [0.05, 0.1) is 0 Å². The molecule has 6 heteroatoms. The van der Waals surface area contributed by atoms with Crippen LogP contribution < -0.4 is 0 Å². The van der Waals surface area contributed by atoms with Crippen molar-refractivity contribution in [3.8, 4) is 0 Å². The Hall–Kier alpha value is -2.08. The maximum atomic E-state index is 12.6. The normalized spacial score (nSPS) is 15.8. The Morgan fingerprint density at radius 1 is 0.792 bits per heavy atom. The van der Waals surface area contributed by atoms with E-state index in [1.807, 2.05) is 0 Å². The Balaban J connectivity index is 2.86. The van der Waals surface area contributed by atoms with Crippen LogP contribution in [0.4, 0.5) is 9.59 Å². The first kappa shape index (κ1) is 20.0. The number of rotatable bonds is 12. The summed E-state index contributed by atoms with van der Waals surface area (Å²) < 4.78 is 0. The lowest BCUT2D eigenvalue weighted by atomic mass is 10.2. The fourth-order valence-electron chi connectivity index (χ4n) is 2.58. The average Bonchev–Trinajstić information content (AvgIpc) is 2.57. The number of aliphatic hydroxyl groups excluding tert-OH is 1. The van der Waals surface area contributed by atoms with Gasteiger partial charge >= 0.3 is 12.1 Å². The van der Waals surface area contributed by atoms with E-state index in [-0.39, 0.29) is 0 Å². The lowest BCUT2D eigenvalue weighted by Crippen LogP contribution is -2.66. The maximum absolute atomic E-state index is 12.6. The number of carbonyl (C=O) groups excluding carboxylic acids is 2. The largest absolute Gasteiger partial charge is 0.356 e. The molecule has 0 unspecified atom stereocenters. The molecule has 6 nitrogen and oxygen atoms in total. The third-order valence-corrected chi connectivity index (χ3v) is 3.92. The van der Waals surface area contributed by atoms with Gasteiger partial charge in [0.15, 0.2) is 0 Å². The highest BCUT2D eigenvalue weighted by atomic mass is 16.3. The van der Waals surface area contributed by atoms with Crippen molar-refractivity contribution in [1.29, 1.82) is 0 Å². The van der Waals surface area contributed by atoms with Crippen molar-refractivity contribution in [2.75, 3.05) is 19.6 Å². The topological polar surface area (TPSA) is 64.1 Å². The van der Waals surface area contributed by atoms with Gasteiger partial charge in [-0.2, -0.15) is 0 Å². The first-order valence-electron chi connectivity index (χ1n) is 8.48. The van der Waals surface area contributed by atoms with Crippen LogP contribution in [0.15, 0.2) is 38.0 Å². The molecule has 1 aliphatic heterocycles. The second-order valence-electron chi connectivity index (χ2n) is 5.74. The Kier molecular flexibility index (Phi) is 8.86. The van der Waals surface area contributed by atoms with E-state index in [2.05, 4.69) is 19.7 Å². The molecule has 0 radical (unpaired) electrons. The highest BCUT2D eigenvalue weighted by molar-refractivity contribution is 5.95. The summed E-state index contributed by atoms with van der Waals surface area (Å²) in [4.78, 5) is 29.1. The number of urea groups is 2. The van der Waals surface area contributed by atoms with Crippen LogP contribution in [0, 0.1) is 0 Å². The molecule has 1 N–H and O–H groups in total. The van der Waals surface area contributed by atoms with Crippen LogP contribution in [0.1, 0.15) is 38.5 Å². The molecule has 1 aliphatic rings. The first-order chi connectivity index (χ1) is 11.6. The molecule has 0 aromatic heterocycles. The van der Waals surface area contributed by atoms with E-state index in [4.69, 9.17) is 0 Å². The smallest absolute Gasteiger partial charge is 0.331 e. The summed E-state index contributed by atoms with van der Waals surface area (Å²) >= 11 is 0. The minimum atomic E-state index is -1.21. The molecule has 1 saturated heterocycles. The second kappa shape index (κ2) is 10.6. The SMILES string of the molecule is C=CCCCN1C(=O)N(CCCC=C)C(O)N(CCCC=C)C1=O. The maximum Gasteiger partial charge on any atom is 0.331 e. The summed E-state index contributed by atoms with van der Waals surface area (Å²) in [5.41, 5.74) is 0. The molecule has 0 saturated carbocycles. The van der Waals surface area contributed by atoms with Crippen LogP contribution in [0.2, 0.25) is 0 Å². The van der Waals surface area contributed by atoms with E-state index in [9.17, 15) is 14.7 Å². The molecule has 0 spiro atoms. The Bertz CT molecular complexity index is 430. The van der Waals surface area contributed by atoms with Crippen LogP contribution in [-0.4, -0.2) is 57.9 Å². The molecule has 0 aliphatic carbocycles. The van der Waals surface area contributed by atoms with Crippen molar-refractivity contribution in [2.24, 2.45) is 0 Å². The van der Waals surface area contributed by atoms with Gasteiger partial charge in [-0.15, -0.1) is 19.7 Å². The lowest BCUT2D eigenvalue weighted by Gasteiger charge is -2.44. The molecular formula is C18H29N3O3. The monoisotopic (exact) mass is 335 g/mol. The van der Waals surface area contributed by atoms with Gasteiger partial charge in [0.1, 0.15) is 0 Å². The van der Waals surface area contributed by atoms with Crippen LogP contribution in [-0.2, 0) is 0 Å². The molecule has 24 heavy (non-hydrogen) atoms. The minimum Gasteiger partial charge on any atom is -0.356 e. The summed E-state index contributed by atoms with van der Waals surface area (Å²) in [6.07, 6.45) is 8.38. The van der Waals surface area contributed by atoms with Crippen LogP contribution in [0.25, 0.3) is 0 Å². The summed E-state index contributed by atoms with van der Waals surface area (Å²) in [6.45, 7) is 12.1. The summed E-state index contributed by atoms with van der Waals surface area (Å²) in [5, 5.41) is 10.5. The number of nitrogens with zero attached hydrogens (tertiary/aromatic N) is 3. The van der Waals surface area contributed by atoms with E-state index < -0.39 is 18.4 Å². The summed E-state index contributed by atoms with van der Waals surface area (Å²) in [6, 6.07) is -0.860. The van der Waals surface area contributed by atoms with Gasteiger partial charge in [0.25, 0.3) is 0 Å². The third kappa shape index (κ3) is 5.23. The van der Waals surface area contributed by atoms with Crippen LogP contribution in [0.3, 0.4) is 0 Å². The van der Waals surface area contributed by atoms with Crippen molar-refractivity contribution in [3.05, 3.63) is 38.0 Å². The number of amides is 4. The Morgan fingerprint density at radius 3 is 1.54 bits per heavy atom. The van der Waals surface area contributed by atoms with Gasteiger partial charge < -0.3 is 5.11 Å². The van der Waals surface area contributed by atoms with E-state index in [0.29, 0.717) is 38.9 Å². The Labute approximate surface area is 144 Å². The fourth-order valence-corrected chi connectivity index (χ4v) is 2.58. The van der Waals surface area contributed by atoms with Gasteiger partial charge in [0, 0.05) is 19.6 Å². The molecule has 1 fully saturated rings. The zero-order chi connectivity index (χ0) is 17.9. The van der Waals surface area contributed by atoms with Crippen molar-refractivity contribution in [3.63, 3.8) is 0 Å². The van der Waals surface area contributed by atoms with Crippen LogP contribution >= 0.6 is 0 Å². The second-order valence-corrected chi connectivity index (χ2v) is 5.74. The van der Waals surface area contributed by atoms with E-state index in [1.165, 1.54) is 14.7 Å². The number of hydrogen-bond acceptors (Lipinski definition) is 3. The number of aliphatic hydroxyl groups is 1. The number of imide groups is 1. The molecule has 0 aromatic rings. The van der Waals surface area contributed by atoms with Gasteiger partial charge in [0.2, 0.25) is 6.35 Å². The molecule has 1 rings (SSSR count).